The lowest BCUT2D eigenvalue weighted by Crippen LogP contribution is -2.24. The highest BCUT2D eigenvalue weighted by molar-refractivity contribution is 6.02. The van der Waals surface area contributed by atoms with Gasteiger partial charge in [0.2, 0.25) is 11.7 Å². The van der Waals surface area contributed by atoms with E-state index < -0.39 is 12.1 Å². The van der Waals surface area contributed by atoms with Gasteiger partial charge in [0.25, 0.3) is 0 Å². The predicted molar refractivity (Wildman–Crippen MR) is 97.3 cm³/mol. The summed E-state index contributed by atoms with van der Waals surface area (Å²) >= 11 is 0. The molecule has 0 saturated heterocycles. The molecule has 1 unspecified atom stereocenters. The van der Waals surface area contributed by atoms with Crippen LogP contribution in [0, 0.1) is 0 Å². The number of benzene rings is 2. The number of phenolic OH excluding ortho intramolecular Hbond substituents is 1. The molecule has 26 heavy (non-hydrogen) atoms. The molecule has 0 bridgehead atoms. The number of ether oxygens (including phenoxy) is 1. The SMILES string of the molecule is CCCC(=O)Nc1ccc(C(=O)C(C)OC(=O)c2ccccc2O)cc1. The fourth-order valence-corrected chi connectivity index (χ4v) is 2.33. The van der Waals surface area contributed by atoms with Crippen LogP contribution in [-0.2, 0) is 9.53 Å². The molecule has 0 aliphatic heterocycles. The summed E-state index contributed by atoms with van der Waals surface area (Å²) in [5, 5.41) is 12.4. The van der Waals surface area contributed by atoms with Gasteiger partial charge >= 0.3 is 5.97 Å². The normalized spacial score (nSPS) is 11.5. The molecule has 0 heterocycles. The van der Waals surface area contributed by atoms with E-state index in [2.05, 4.69) is 5.32 Å². The number of phenols is 1. The summed E-state index contributed by atoms with van der Waals surface area (Å²) in [4.78, 5) is 36.0. The van der Waals surface area contributed by atoms with Crippen LogP contribution in [0.4, 0.5) is 5.69 Å². The third-order valence-electron chi connectivity index (χ3n) is 3.71. The molecule has 0 aliphatic rings. The van der Waals surface area contributed by atoms with Gasteiger partial charge in [-0.25, -0.2) is 4.79 Å². The minimum Gasteiger partial charge on any atom is -0.507 e. The highest BCUT2D eigenvalue weighted by atomic mass is 16.5. The average molecular weight is 355 g/mol. The Labute approximate surface area is 151 Å². The van der Waals surface area contributed by atoms with Crippen LogP contribution in [0.1, 0.15) is 47.4 Å². The zero-order valence-electron chi connectivity index (χ0n) is 14.7. The van der Waals surface area contributed by atoms with E-state index in [-0.39, 0.29) is 23.0 Å². The fraction of sp³-hybridized carbons (Fsp3) is 0.250. The predicted octanol–water partition coefficient (Wildman–Crippen LogP) is 3.56. The lowest BCUT2D eigenvalue weighted by molar-refractivity contribution is -0.116. The third kappa shape index (κ3) is 4.92. The highest BCUT2D eigenvalue weighted by Gasteiger charge is 2.21. The number of Topliss-reactive ketones (excluding diaryl/α,β-unsaturated/α-hetero) is 1. The monoisotopic (exact) mass is 355 g/mol. The van der Waals surface area contributed by atoms with Crippen molar-refractivity contribution in [3.8, 4) is 5.75 Å². The summed E-state index contributed by atoms with van der Waals surface area (Å²) in [6, 6.07) is 12.3. The fourth-order valence-electron chi connectivity index (χ4n) is 2.33. The van der Waals surface area contributed by atoms with Crippen molar-refractivity contribution < 1.29 is 24.2 Å². The molecule has 0 saturated carbocycles. The first-order chi connectivity index (χ1) is 12.4. The second kappa shape index (κ2) is 8.80. The molecule has 2 rings (SSSR count). The first-order valence-electron chi connectivity index (χ1n) is 8.35. The van der Waals surface area contributed by atoms with Crippen LogP contribution < -0.4 is 5.32 Å². The molecule has 0 radical (unpaired) electrons. The van der Waals surface area contributed by atoms with E-state index in [0.717, 1.165) is 6.42 Å². The smallest absolute Gasteiger partial charge is 0.342 e. The summed E-state index contributed by atoms with van der Waals surface area (Å²) in [6.45, 7) is 3.39. The van der Waals surface area contributed by atoms with E-state index in [1.807, 2.05) is 6.92 Å². The minimum atomic E-state index is -1.01. The van der Waals surface area contributed by atoms with Crippen LogP contribution in [0.25, 0.3) is 0 Å². The maximum atomic E-state index is 12.4. The lowest BCUT2D eigenvalue weighted by atomic mass is 10.1. The van der Waals surface area contributed by atoms with E-state index >= 15 is 0 Å². The highest BCUT2D eigenvalue weighted by Crippen LogP contribution is 2.18. The molecular formula is C20H21NO5. The molecule has 0 spiro atoms. The zero-order valence-corrected chi connectivity index (χ0v) is 14.7. The van der Waals surface area contributed by atoms with Crippen molar-refractivity contribution in [3.63, 3.8) is 0 Å². The molecule has 1 amide bonds. The van der Waals surface area contributed by atoms with Gasteiger partial charge in [-0.3, -0.25) is 9.59 Å². The molecule has 0 fully saturated rings. The maximum absolute atomic E-state index is 12.4. The van der Waals surface area contributed by atoms with Gasteiger partial charge in [-0.2, -0.15) is 0 Å². The van der Waals surface area contributed by atoms with Crippen molar-refractivity contribution >= 4 is 23.3 Å². The standard InChI is InChI=1S/C20H21NO5/c1-3-6-18(23)21-15-11-9-14(10-12-15)19(24)13(2)26-20(25)16-7-4-5-8-17(16)22/h4-5,7-13,22H,3,6H2,1-2H3,(H,21,23). The molecule has 0 aliphatic carbocycles. The second-order valence-electron chi connectivity index (χ2n) is 5.80. The number of carbonyl (C=O) groups excluding carboxylic acids is 3. The number of carbonyl (C=O) groups is 3. The molecule has 2 aromatic carbocycles. The Morgan fingerprint density at radius 2 is 1.73 bits per heavy atom. The van der Waals surface area contributed by atoms with Gasteiger partial charge in [-0.05, 0) is 49.7 Å². The zero-order chi connectivity index (χ0) is 19.1. The number of esters is 1. The largest absolute Gasteiger partial charge is 0.507 e. The number of nitrogens with one attached hydrogen (secondary N) is 1. The minimum absolute atomic E-state index is 0.00105. The van der Waals surface area contributed by atoms with Gasteiger partial charge < -0.3 is 15.2 Å². The van der Waals surface area contributed by atoms with Crippen molar-refractivity contribution in [2.45, 2.75) is 32.8 Å². The van der Waals surface area contributed by atoms with Crippen molar-refractivity contribution in [1.29, 1.82) is 0 Å². The lowest BCUT2D eigenvalue weighted by Gasteiger charge is -2.13. The summed E-state index contributed by atoms with van der Waals surface area (Å²) in [5.41, 5.74) is 0.955. The Morgan fingerprint density at radius 3 is 2.35 bits per heavy atom. The van der Waals surface area contributed by atoms with E-state index in [0.29, 0.717) is 17.7 Å². The molecule has 6 heteroatoms. The third-order valence-corrected chi connectivity index (χ3v) is 3.71. The summed E-state index contributed by atoms with van der Waals surface area (Å²) in [5.74, 6) is -1.44. The van der Waals surface area contributed by atoms with E-state index in [1.165, 1.54) is 19.1 Å². The maximum Gasteiger partial charge on any atom is 0.342 e. The first-order valence-corrected chi connectivity index (χ1v) is 8.35. The van der Waals surface area contributed by atoms with Crippen LogP contribution in [0.5, 0.6) is 5.75 Å². The first kappa shape index (κ1) is 19.2. The van der Waals surface area contributed by atoms with Crippen LogP contribution in [-0.4, -0.2) is 28.9 Å². The average Bonchev–Trinajstić information content (AvgIpc) is 2.62. The van der Waals surface area contributed by atoms with Crippen molar-refractivity contribution in [2.75, 3.05) is 5.32 Å². The topological polar surface area (TPSA) is 92.7 Å². The number of para-hydroxylation sites is 1. The van der Waals surface area contributed by atoms with Crippen molar-refractivity contribution in [1.82, 2.24) is 0 Å². The van der Waals surface area contributed by atoms with Gasteiger partial charge in [-0.1, -0.05) is 19.1 Å². The van der Waals surface area contributed by atoms with Crippen LogP contribution in [0.15, 0.2) is 48.5 Å². The number of hydrogen-bond donors (Lipinski definition) is 2. The summed E-state index contributed by atoms with van der Waals surface area (Å²) in [6.07, 6.45) is 0.171. The molecular weight excluding hydrogens is 334 g/mol. The molecule has 2 N–H and O–H groups in total. The van der Waals surface area contributed by atoms with Crippen molar-refractivity contribution in [2.24, 2.45) is 0 Å². The van der Waals surface area contributed by atoms with Gasteiger partial charge in [0.15, 0.2) is 6.10 Å². The Morgan fingerprint density at radius 1 is 1.08 bits per heavy atom. The van der Waals surface area contributed by atoms with E-state index in [4.69, 9.17) is 4.74 Å². The number of anilines is 1. The summed E-state index contributed by atoms with van der Waals surface area (Å²) < 4.78 is 5.14. The number of rotatable bonds is 7. The number of aromatic hydroxyl groups is 1. The number of hydrogen-bond acceptors (Lipinski definition) is 5. The van der Waals surface area contributed by atoms with Crippen LogP contribution in [0.2, 0.25) is 0 Å². The number of amides is 1. The Bertz CT molecular complexity index is 798. The van der Waals surface area contributed by atoms with Crippen LogP contribution >= 0.6 is 0 Å². The van der Waals surface area contributed by atoms with Gasteiger partial charge in [0, 0.05) is 17.7 Å². The molecule has 136 valence electrons. The molecule has 1 atom stereocenters. The molecule has 6 nitrogen and oxygen atoms in total. The van der Waals surface area contributed by atoms with Crippen molar-refractivity contribution in [3.05, 3.63) is 59.7 Å². The number of ketones is 1. The Hall–Kier alpha value is -3.15. The van der Waals surface area contributed by atoms with Gasteiger partial charge in [0.1, 0.15) is 11.3 Å². The quantitative estimate of drug-likeness (QED) is 0.585. The molecule has 2 aromatic rings. The molecule has 0 aromatic heterocycles. The Balaban J connectivity index is 2.00. The van der Waals surface area contributed by atoms with E-state index in [9.17, 15) is 19.5 Å². The van der Waals surface area contributed by atoms with E-state index in [1.54, 1.807) is 36.4 Å². The van der Waals surface area contributed by atoms with Crippen LogP contribution in [0.3, 0.4) is 0 Å². The summed E-state index contributed by atoms with van der Waals surface area (Å²) in [7, 11) is 0. The van der Waals surface area contributed by atoms with Gasteiger partial charge in [0.05, 0.1) is 0 Å². The Kier molecular flexibility index (Phi) is 6.49. The second-order valence-corrected chi connectivity index (χ2v) is 5.80. The van der Waals surface area contributed by atoms with Gasteiger partial charge in [-0.15, -0.1) is 0 Å².